The predicted molar refractivity (Wildman–Crippen MR) is 59.6 cm³/mol. The topological polar surface area (TPSA) is 49.3 Å². The summed E-state index contributed by atoms with van der Waals surface area (Å²) >= 11 is 1.88. The molecule has 0 aromatic carbocycles. The third-order valence-electron chi connectivity index (χ3n) is 2.75. The van der Waals surface area contributed by atoms with Gasteiger partial charge in [0.15, 0.2) is 0 Å². The van der Waals surface area contributed by atoms with Gasteiger partial charge in [0.25, 0.3) is 0 Å². The van der Waals surface area contributed by atoms with E-state index in [1.165, 1.54) is 0 Å². The maximum atomic E-state index is 10.9. The molecule has 0 bridgehead atoms. The van der Waals surface area contributed by atoms with E-state index in [0.29, 0.717) is 0 Å². The van der Waals surface area contributed by atoms with Crippen LogP contribution < -0.4 is 5.32 Å². The molecular weight excluding hydrogens is 198 g/mol. The van der Waals surface area contributed by atoms with Gasteiger partial charge in [0.1, 0.15) is 6.04 Å². The minimum Gasteiger partial charge on any atom is -0.480 e. The van der Waals surface area contributed by atoms with Crippen LogP contribution in [0.25, 0.3) is 0 Å². The summed E-state index contributed by atoms with van der Waals surface area (Å²) < 4.78 is 0. The van der Waals surface area contributed by atoms with Gasteiger partial charge < -0.3 is 5.11 Å². The number of aliphatic carboxylic acids is 1. The van der Waals surface area contributed by atoms with E-state index in [4.69, 9.17) is 5.11 Å². The van der Waals surface area contributed by atoms with Gasteiger partial charge in [-0.25, -0.2) is 0 Å². The lowest BCUT2D eigenvalue weighted by Crippen LogP contribution is -2.54. The van der Waals surface area contributed by atoms with Crippen molar-refractivity contribution < 1.29 is 9.90 Å². The molecule has 1 fully saturated rings. The zero-order valence-corrected chi connectivity index (χ0v) is 9.69. The number of nitrogens with one attached hydrogen (secondary N) is 1. The number of rotatable bonds is 4. The minimum atomic E-state index is -0.709. The highest BCUT2D eigenvalue weighted by molar-refractivity contribution is 8.00. The van der Waals surface area contributed by atoms with Crippen LogP contribution in [0.15, 0.2) is 0 Å². The van der Waals surface area contributed by atoms with Crippen molar-refractivity contribution in [3.63, 3.8) is 0 Å². The summed E-state index contributed by atoms with van der Waals surface area (Å²) in [6.45, 7) is 4.27. The van der Waals surface area contributed by atoms with Crippen LogP contribution in [0.2, 0.25) is 0 Å². The van der Waals surface area contributed by atoms with Gasteiger partial charge in [-0.3, -0.25) is 10.1 Å². The second-order valence-electron chi connectivity index (χ2n) is 3.77. The zero-order valence-electron chi connectivity index (χ0n) is 8.88. The lowest BCUT2D eigenvalue weighted by molar-refractivity contribution is -0.140. The first-order chi connectivity index (χ1) is 6.63. The molecule has 1 aliphatic heterocycles. The quantitative estimate of drug-likeness (QED) is 0.757. The average molecular weight is 217 g/mol. The Hall–Kier alpha value is -0.220. The summed E-state index contributed by atoms with van der Waals surface area (Å²) in [5.41, 5.74) is 0. The van der Waals surface area contributed by atoms with Crippen molar-refractivity contribution in [1.29, 1.82) is 0 Å². The highest BCUT2D eigenvalue weighted by atomic mass is 32.2. The summed E-state index contributed by atoms with van der Waals surface area (Å²) in [5, 5.41) is 12.2. The molecular formula is C10H19NO2S. The molecule has 2 unspecified atom stereocenters. The van der Waals surface area contributed by atoms with Gasteiger partial charge in [-0.05, 0) is 25.0 Å². The molecule has 0 saturated carbocycles. The van der Waals surface area contributed by atoms with Gasteiger partial charge in [-0.2, -0.15) is 0 Å². The highest BCUT2D eigenvalue weighted by Gasteiger charge is 2.36. The third-order valence-corrected chi connectivity index (χ3v) is 4.35. The van der Waals surface area contributed by atoms with Crippen LogP contribution in [-0.4, -0.2) is 27.7 Å². The van der Waals surface area contributed by atoms with Crippen LogP contribution in [0.5, 0.6) is 0 Å². The van der Waals surface area contributed by atoms with Crippen LogP contribution in [0.3, 0.4) is 0 Å². The van der Waals surface area contributed by atoms with Crippen LogP contribution in [0, 0.1) is 0 Å². The van der Waals surface area contributed by atoms with E-state index in [1.807, 2.05) is 11.8 Å². The molecule has 1 aliphatic rings. The van der Waals surface area contributed by atoms with E-state index in [1.54, 1.807) is 0 Å². The van der Waals surface area contributed by atoms with E-state index in [2.05, 4.69) is 19.2 Å². The van der Waals surface area contributed by atoms with Gasteiger partial charge in [-0.1, -0.05) is 20.3 Å². The van der Waals surface area contributed by atoms with E-state index in [0.717, 1.165) is 31.4 Å². The zero-order chi connectivity index (χ0) is 10.6. The first-order valence-corrected chi connectivity index (χ1v) is 6.26. The maximum absolute atomic E-state index is 10.9. The summed E-state index contributed by atoms with van der Waals surface area (Å²) in [7, 11) is 0. The Bertz CT molecular complexity index is 206. The van der Waals surface area contributed by atoms with Crippen molar-refractivity contribution in [1.82, 2.24) is 5.32 Å². The van der Waals surface area contributed by atoms with E-state index in [9.17, 15) is 4.79 Å². The smallest absolute Gasteiger partial charge is 0.320 e. The second kappa shape index (κ2) is 5.03. The molecule has 0 aromatic heterocycles. The van der Waals surface area contributed by atoms with Crippen molar-refractivity contribution >= 4 is 17.7 Å². The van der Waals surface area contributed by atoms with Crippen molar-refractivity contribution in [2.45, 2.75) is 50.4 Å². The third kappa shape index (κ3) is 2.64. The van der Waals surface area contributed by atoms with Gasteiger partial charge in [0, 0.05) is 0 Å². The van der Waals surface area contributed by atoms with E-state index >= 15 is 0 Å². The lowest BCUT2D eigenvalue weighted by Gasteiger charge is -2.40. The van der Waals surface area contributed by atoms with E-state index < -0.39 is 5.97 Å². The van der Waals surface area contributed by atoms with Crippen molar-refractivity contribution in [3.8, 4) is 0 Å². The normalized spacial score (nSPS) is 32.9. The van der Waals surface area contributed by atoms with Gasteiger partial charge in [-0.15, -0.1) is 11.8 Å². The lowest BCUT2D eigenvalue weighted by atomic mass is 10.1. The fourth-order valence-corrected chi connectivity index (χ4v) is 3.44. The molecule has 3 nitrogen and oxygen atoms in total. The van der Waals surface area contributed by atoms with Gasteiger partial charge in [0.05, 0.1) is 4.87 Å². The largest absolute Gasteiger partial charge is 0.480 e. The molecule has 1 rings (SSSR count). The molecule has 0 spiro atoms. The summed E-state index contributed by atoms with van der Waals surface area (Å²) in [6.07, 6.45) is 3.89. The molecule has 14 heavy (non-hydrogen) atoms. The van der Waals surface area contributed by atoms with Crippen LogP contribution in [-0.2, 0) is 4.79 Å². The molecule has 2 atom stereocenters. The SMILES string of the molecule is CCCC1(CC)NC(C(=O)O)CCS1. The highest BCUT2D eigenvalue weighted by Crippen LogP contribution is 2.35. The van der Waals surface area contributed by atoms with Gasteiger partial charge in [0.2, 0.25) is 0 Å². The molecule has 0 amide bonds. The summed E-state index contributed by atoms with van der Waals surface area (Å²) in [6, 6.07) is -0.345. The Morgan fingerprint density at radius 2 is 2.36 bits per heavy atom. The maximum Gasteiger partial charge on any atom is 0.320 e. The Morgan fingerprint density at radius 3 is 2.86 bits per heavy atom. The Morgan fingerprint density at radius 1 is 1.64 bits per heavy atom. The van der Waals surface area contributed by atoms with Crippen molar-refractivity contribution in [2.75, 3.05) is 5.75 Å². The number of hydrogen-bond acceptors (Lipinski definition) is 3. The fourth-order valence-electron chi connectivity index (χ4n) is 1.92. The number of carboxylic acid groups (broad SMARTS) is 1. The molecule has 0 radical (unpaired) electrons. The number of carboxylic acids is 1. The number of carbonyl (C=O) groups is 1. The van der Waals surface area contributed by atoms with Crippen LogP contribution in [0.4, 0.5) is 0 Å². The molecule has 1 heterocycles. The van der Waals surface area contributed by atoms with Crippen molar-refractivity contribution in [2.24, 2.45) is 0 Å². The van der Waals surface area contributed by atoms with Crippen LogP contribution in [0.1, 0.15) is 39.5 Å². The first-order valence-electron chi connectivity index (χ1n) is 5.28. The second-order valence-corrected chi connectivity index (χ2v) is 5.25. The molecule has 0 aliphatic carbocycles. The van der Waals surface area contributed by atoms with E-state index in [-0.39, 0.29) is 10.9 Å². The molecule has 2 N–H and O–H groups in total. The Kier molecular flexibility index (Phi) is 4.26. The Labute approximate surface area is 89.6 Å². The molecule has 0 aromatic rings. The Balaban J connectivity index is 2.63. The fraction of sp³-hybridized carbons (Fsp3) is 0.900. The van der Waals surface area contributed by atoms with Crippen LogP contribution >= 0.6 is 11.8 Å². The minimum absolute atomic E-state index is 0.00998. The van der Waals surface area contributed by atoms with Crippen molar-refractivity contribution in [3.05, 3.63) is 0 Å². The number of thioether (sulfide) groups is 1. The summed E-state index contributed by atoms with van der Waals surface area (Å²) in [5.74, 6) is 0.247. The summed E-state index contributed by atoms with van der Waals surface area (Å²) in [4.78, 5) is 10.9. The number of hydrogen-bond donors (Lipinski definition) is 2. The average Bonchev–Trinajstić information content (AvgIpc) is 2.18. The molecule has 82 valence electrons. The first kappa shape index (κ1) is 11.9. The van der Waals surface area contributed by atoms with Gasteiger partial charge >= 0.3 is 5.97 Å². The molecule has 1 saturated heterocycles. The monoisotopic (exact) mass is 217 g/mol. The molecule has 4 heteroatoms. The standard InChI is InChI=1S/C10H19NO2S/c1-3-6-10(4-2)11-8(9(12)13)5-7-14-10/h8,11H,3-7H2,1-2H3,(H,12,13). The predicted octanol–water partition coefficient (Wildman–Crippen LogP) is 2.07.